The number of halogens is 2. The highest BCUT2D eigenvalue weighted by Gasteiger charge is 2.16. The largest absolute Gasteiger partial charge is 0.461 e. The minimum absolute atomic E-state index is 0.118. The predicted octanol–water partition coefficient (Wildman–Crippen LogP) is 3.09. The molecule has 0 saturated heterocycles. The minimum atomic E-state index is -0.657. The Morgan fingerprint density at radius 1 is 1.24 bits per heavy atom. The van der Waals surface area contributed by atoms with Gasteiger partial charge in [0.1, 0.15) is 5.82 Å². The van der Waals surface area contributed by atoms with Gasteiger partial charge in [-0.1, -0.05) is 6.08 Å². The molecule has 1 aromatic heterocycles. The summed E-state index contributed by atoms with van der Waals surface area (Å²) in [6, 6.07) is 2.15. The molecule has 2 heterocycles. The van der Waals surface area contributed by atoms with Crippen molar-refractivity contribution in [3.05, 3.63) is 41.7 Å². The van der Waals surface area contributed by atoms with Crippen LogP contribution < -0.4 is 5.32 Å². The number of furan rings is 1. The van der Waals surface area contributed by atoms with Crippen molar-refractivity contribution in [2.75, 3.05) is 13.1 Å². The second-order valence-corrected chi connectivity index (χ2v) is 4.11. The van der Waals surface area contributed by atoms with E-state index in [0.717, 1.165) is 30.2 Å². The number of benzene rings is 1. The van der Waals surface area contributed by atoms with Crippen molar-refractivity contribution in [2.45, 2.75) is 6.42 Å². The van der Waals surface area contributed by atoms with Crippen LogP contribution in [0.1, 0.15) is 12.0 Å². The van der Waals surface area contributed by atoms with E-state index in [1.165, 1.54) is 12.3 Å². The quantitative estimate of drug-likeness (QED) is 0.821. The van der Waals surface area contributed by atoms with Crippen LogP contribution in [0.4, 0.5) is 8.78 Å². The number of rotatable bonds is 1. The van der Waals surface area contributed by atoms with E-state index >= 15 is 0 Å². The maximum absolute atomic E-state index is 13.5. The molecule has 1 N–H and O–H groups in total. The molecule has 17 heavy (non-hydrogen) atoms. The van der Waals surface area contributed by atoms with E-state index in [9.17, 15) is 8.78 Å². The molecule has 4 heteroatoms. The molecule has 0 radical (unpaired) electrons. The summed E-state index contributed by atoms with van der Waals surface area (Å²) in [6.45, 7) is 1.63. The smallest absolute Gasteiger partial charge is 0.170 e. The summed E-state index contributed by atoms with van der Waals surface area (Å²) in [5.74, 6) is -1.24. The molecule has 0 fully saturated rings. The Balaban J connectivity index is 2.20. The summed E-state index contributed by atoms with van der Waals surface area (Å²) in [4.78, 5) is 0. The Labute approximate surface area is 96.9 Å². The highest BCUT2D eigenvalue weighted by Crippen LogP contribution is 2.30. The van der Waals surface area contributed by atoms with Crippen molar-refractivity contribution < 1.29 is 13.2 Å². The standard InChI is InChI=1S/C13H11F2NO/c14-9-4-10-11(8-2-1-3-16-6-8)7-17-13(10)12(15)5-9/h2,4-5,7,16H,1,3,6H2. The van der Waals surface area contributed by atoms with Crippen LogP contribution in [0.15, 0.2) is 28.9 Å². The van der Waals surface area contributed by atoms with Crippen LogP contribution in [0.5, 0.6) is 0 Å². The van der Waals surface area contributed by atoms with E-state index in [1.54, 1.807) is 0 Å². The van der Waals surface area contributed by atoms with Gasteiger partial charge >= 0.3 is 0 Å². The average molecular weight is 235 g/mol. The summed E-state index contributed by atoms with van der Waals surface area (Å²) in [5.41, 5.74) is 1.92. The fourth-order valence-corrected chi connectivity index (χ4v) is 2.16. The molecule has 3 rings (SSSR count). The zero-order valence-corrected chi connectivity index (χ0v) is 9.09. The van der Waals surface area contributed by atoms with Crippen molar-refractivity contribution in [2.24, 2.45) is 0 Å². The monoisotopic (exact) mass is 235 g/mol. The lowest BCUT2D eigenvalue weighted by molar-refractivity contribution is 0.546. The fourth-order valence-electron chi connectivity index (χ4n) is 2.16. The molecule has 1 aromatic carbocycles. The lowest BCUT2D eigenvalue weighted by Gasteiger charge is -2.12. The van der Waals surface area contributed by atoms with E-state index in [-0.39, 0.29) is 5.58 Å². The van der Waals surface area contributed by atoms with Crippen molar-refractivity contribution in [1.29, 1.82) is 0 Å². The molecule has 0 amide bonds. The average Bonchev–Trinajstić information content (AvgIpc) is 2.74. The zero-order chi connectivity index (χ0) is 11.8. The molecule has 1 aliphatic heterocycles. The number of fused-ring (bicyclic) bond motifs is 1. The van der Waals surface area contributed by atoms with Crippen molar-refractivity contribution in [1.82, 2.24) is 5.32 Å². The molecular weight excluding hydrogens is 224 g/mol. The lowest BCUT2D eigenvalue weighted by atomic mass is 10.0. The fraction of sp³-hybridized carbons (Fsp3) is 0.231. The van der Waals surface area contributed by atoms with Gasteiger partial charge in [-0.05, 0) is 24.6 Å². The van der Waals surface area contributed by atoms with Gasteiger partial charge < -0.3 is 9.73 Å². The summed E-state index contributed by atoms with van der Waals surface area (Å²) in [5, 5.41) is 3.72. The first kappa shape index (κ1) is 10.5. The zero-order valence-electron chi connectivity index (χ0n) is 9.09. The SMILES string of the molecule is Fc1cc(F)c2occ(C3=CCCNC3)c2c1. The summed E-state index contributed by atoms with van der Waals surface area (Å²) in [6.07, 6.45) is 4.48. The van der Waals surface area contributed by atoms with Gasteiger partial charge in [0.2, 0.25) is 0 Å². The van der Waals surface area contributed by atoms with Gasteiger partial charge in [0, 0.05) is 23.6 Å². The minimum Gasteiger partial charge on any atom is -0.461 e. The predicted molar refractivity (Wildman–Crippen MR) is 61.6 cm³/mol. The first-order chi connectivity index (χ1) is 8.25. The molecule has 2 aromatic rings. The highest BCUT2D eigenvalue weighted by atomic mass is 19.1. The molecule has 0 spiro atoms. The van der Waals surface area contributed by atoms with Gasteiger partial charge in [0.15, 0.2) is 11.4 Å². The first-order valence-electron chi connectivity index (χ1n) is 5.52. The topological polar surface area (TPSA) is 25.2 Å². The third-order valence-corrected chi connectivity index (χ3v) is 2.97. The van der Waals surface area contributed by atoms with Gasteiger partial charge in [-0.2, -0.15) is 0 Å². The van der Waals surface area contributed by atoms with Crippen LogP contribution >= 0.6 is 0 Å². The van der Waals surface area contributed by atoms with Crippen LogP contribution in [0.25, 0.3) is 16.5 Å². The molecule has 0 saturated carbocycles. The maximum Gasteiger partial charge on any atom is 0.170 e. The molecule has 1 aliphatic rings. The molecular formula is C13H11F2NO. The van der Waals surface area contributed by atoms with E-state index in [1.807, 2.05) is 0 Å². The van der Waals surface area contributed by atoms with E-state index in [0.29, 0.717) is 11.9 Å². The highest BCUT2D eigenvalue weighted by molar-refractivity contribution is 5.91. The summed E-state index contributed by atoms with van der Waals surface area (Å²) in [7, 11) is 0. The lowest BCUT2D eigenvalue weighted by Crippen LogP contribution is -2.21. The second kappa shape index (κ2) is 3.96. The number of hydrogen-bond acceptors (Lipinski definition) is 2. The van der Waals surface area contributed by atoms with Crippen molar-refractivity contribution in [3.8, 4) is 0 Å². The van der Waals surface area contributed by atoms with Gasteiger partial charge in [0.25, 0.3) is 0 Å². The Hall–Kier alpha value is -1.68. The van der Waals surface area contributed by atoms with E-state index in [4.69, 9.17) is 4.42 Å². The van der Waals surface area contributed by atoms with Crippen LogP contribution in [-0.2, 0) is 0 Å². The Kier molecular flexibility index (Phi) is 2.44. The molecule has 2 nitrogen and oxygen atoms in total. The molecule has 0 bridgehead atoms. The third-order valence-electron chi connectivity index (χ3n) is 2.97. The van der Waals surface area contributed by atoms with Gasteiger partial charge in [-0.25, -0.2) is 8.78 Å². The van der Waals surface area contributed by atoms with Gasteiger partial charge in [-0.3, -0.25) is 0 Å². The summed E-state index contributed by atoms with van der Waals surface area (Å²) < 4.78 is 31.8. The Morgan fingerprint density at radius 3 is 2.88 bits per heavy atom. The number of nitrogens with one attached hydrogen (secondary N) is 1. The Bertz CT molecular complexity index is 601. The summed E-state index contributed by atoms with van der Waals surface area (Å²) >= 11 is 0. The molecule has 88 valence electrons. The van der Waals surface area contributed by atoms with E-state index in [2.05, 4.69) is 11.4 Å². The van der Waals surface area contributed by atoms with Crippen molar-refractivity contribution >= 4 is 16.5 Å². The molecule has 0 atom stereocenters. The Morgan fingerprint density at radius 2 is 2.12 bits per heavy atom. The second-order valence-electron chi connectivity index (χ2n) is 4.11. The van der Waals surface area contributed by atoms with E-state index < -0.39 is 11.6 Å². The van der Waals surface area contributed by atoms with Crippen LogP contribution in [-0.4, -0.2) is 13.1 Å². The van der Waals surface area contributed by atoms with Crippen LogP contribution in [0.2, 0.25) is 0 Å². The third kappa shape index (κ3) is 1.74. The first-order valence-corrected chi connectivity index (χ1v) is 5.52. The number of hydrogen-bond donors (Lipinski definition) is 1. The van der Waals surface area contributed by atoms with Gasteiger partial charge in [0.05, 0.1) is 6.26 Å². The molecule has 0 aliphatic carbocycles. The maximum atomic E-state index is 13.5. The van der Waals surface area contributed by atoms with Gasteiger partial charge in [-0.15, -0.1) is 0 Å². The normalized spacial score (nSPS) is 16.2. The molecule has 0 unspecified atom stereocenters. The van der Waals surface area contributed by atoms with Crippen LogP contribution in [0.3, 0.4) is 0 Å². The van der Waals surface area contributed by atoms with Crippen molar-refractivity contribution in [3.63, 3.8) is 0 Å². The van der Waals surface area contributed by atoms with Crippen LogP contribution in [0, 0.1) is 11.6 Å².